The number of amides is 2. The Hall–Kier alpha value is -2.94. The number of aromatic hydroxyl groups is 1. The van der Waals surface area contributed by atoms with Gasteiger partial charge in [-0.2, -0.15) is 0 Å². The highest BCUT2D eigenvalue weighted by molar-refractivity contribution is 5.98. The number of nitrogens with zero attached hydrogens (tertiary/aromatic N) is 3. The molecular weight excluding hydrogens is 401 g/mol. The zero-order valence-corrected chi connectivity index (χ0v) is 18.6. The molecule has 9 heteroatoms. The molecule has 1 aromatic heterocycles. The van der Waals surface area contributed by atoms with Gasteiger partial charge in [0, 0.05) is 20.1 Å². The lowest BCUT2D eigenvalue weighted by molar-refractivity contribution is -0.124. The maximum absolute atomic E-state index is 13.9. The van der Waals surface area contributed by atoms with Gasteiger partial charge < -0.3 is 25.2 Å². The van der Waals surface area contributed by atoms with Gasteiger partial charge in [0.05, 0.1) is 11.3 Å². The highest BCUT2D eigenvalue weighted by atomic mass is 19.1. The minimum absolute atomic E-state index is 0.114. The van der Waals surface area contributed by atoms with E-state index in [1.54, 1.807) is 0 Å². The molecule has 0 spiro atoms. The van der Waals surface area contributed by atoms with Gasteiger partial charge in [-0.15, -0.1) is 0 Å². The molecule has 3 rings (SSSR count). The quantitative estimate of drug-likeness (QED) is 0.689. The van der Waals surface area contributed by atoms with Gasteiger partial charge in [-0.3, -0.25) is 9.59 Å². The van der Waals surface area contributed by atoms with Crippen molar-refractivity contribution in [1.82, 2.24) is 25.1 Å². The topological polar surface area (TPSA) is 99.5 Å². The minimum Gasteiger partial charge on any atom is -0.507 e. The van der Waals surface area contributed by atoms with Crippen LogP contribution >= 0.6 is 0 Å². The lowest BCUT2D eigenvalue weighted by Crippen LogP contribution is -2.53. The van der Waals surface area contributed by atoms with Crippen molar-refractivity contribution in [2.24, 2.45) is 5.41 Å². The number of halogens is 1. The molecule has 3 N–H and O–H groups in total. The predicted octanol–water partition coefficient (Wildman–Crippen LogP) is 2.12. The van der Waals surface area contributed by atoms with E-state index in [1.807, 2.05) is 32.4 Å². The molecule has 0 fully saturated rings. The maximum Gasteiger partial charge on any atom is 0.272 e. The second-order valence-corrected chi connectivity index (χ2v) is 9.02. The first-order valence-corrected chi connectivity index (χ1v) is 10.3. The summed E-state index contributed by atoms with van der Waals surface area (Å²) in [5.41, 5.74) is 0.544. The summed E-state index contributed by atoms with van der Waals surface area (Å²) in [6, 6.07) is 2.89. The molecule has 2 amide bonds. The number of phenolic OH excluding ortho intramolecular Hbond substituents is 1. The van der Waals surface area contributed by atoms with Gasteiger partial charge in [0.2, 0.25) is 5.91 Å². The Bertz CT molecular complexity index is 996. The Labute approximate surface area is 181 Å². The first kappa shape index (κ1) is 22.7. The largest absolute Gasteiger partial charge is 0.507 e. The number of phenols is 1. The molecule has 1 aliphatic rings. The SMILES string of the molecule is CNC(=O)C(NC(=O)c1nc(-c2cc(F)ccc2O)n2c1CN(C)CCC2)C(C)(C)C. The van der Waals surface area contributed by atoms with Crippen molar-refractivity contribution < 1.29 is 19.1 Å². The Morgan fingerprint density at radius 2 is 1.97 bits per heavy atom. The number of aromatic nitrogens is 2. The number of likely N-dealkylation sites (N-methyl/N-ethyl adjacent to an activating group) is 1. The third-order valence-electron chi connectivity index (χ3n) is 5.48. The Kier molecular flexibility index (Phi) is 6.35. The normalized spacial score (nSPS) is 15.7. The van der Waals surface area contributed by atoms with Gasteiger partial charge in [0.15, 0.2) is 5.69 Å². The van der Waals surface area contributed by atoms with E-state index < -0.39 is 23.2 Å². The van der Waals surface area contributed by atoms with Crippen LogP contribution in [0.5, 0.6) is 5.75 Å². The van der Waals surface area contributed by atoms with Gasteiger partial charge in [0.1, 0.15) is 23.4 Å². The lowest BCUT2D eigenvalue weighted by atomic mass is 9.86. The van der Waals surface area contributed by atoms with Crippen LogP contribution in [0.4, 0.5) is 4.39 Å². The van der Waals surface area contributed by atoms with Crippen LogP contribution < -0.4 is 10.6 Å². The van der Waals surface area contributed by atoms with Crippen molar-refractivity contribution in [2.75, 3.05) is 20.6 Å². The van der Waals surface area contributed by atoms with Crippen molar-refractivity contribution in [2.45, 2.75) is 46.3 Å². The van der Waals surface area contributed by atoms with Crippen LogP contribution in [0.1, 0.15) is 43.4 Å². The highest BCUT2D eigenvalue weighted by Crippen LogP contribution is 2.32. The van der Waals surface area contributed by atoms with Crippen LogP contribution in [-0.2, 0) is 17.9 Å². The number of fused-ring (bicyclic) bond motifs is 1. The Morgan fingerprint density at radius 1 is 1.26 bits per heavy atom. The summed E-state index contributed by atoms with van der Waals surface area (Å²) in [4.78, 5) is 32.3. The van der Waals surface area contributed by atoms with Gasteiger partial charge in [0.25, 0.3) is 5.91 Å². The number of hydrogen-bond acceptors (Lipinski definition) is 5. The highest BCUT2D eigenvalue weighted by Gasteiger charge is 2.35. The number of benzene rings is 1. The third kappa shape index (κ3) is 4.71. The minimum atomic E-state index is -0.767. The summed E-state index contributed by atoms with van der Waals surface area (Å²) in [6.07, 6.45) is 0.812. The number of hydrogen-bond donors (Lipinski definition) is 3. The van der Waals surface area contributed by atoms with Crippen molar-refractivity contribution in [3.8, 4) is 17.1 Å². The molecule has 2 heterocycles. The Balaban J connectivity index is 2.10. The number of nitrogens with one attached hydrogen (secondary N) is 2. The molecule has 0 aliphatic carbocycles. The van der Waals surface area contributed by atoms with E-state index in [0.717, 1.165) is 13.0 Å². The molecule has 0 saturated heterocycles. The van der Waals surface area contributed by atoms with Crippen LogP contribution in [0.2, 0.25) is 0 Å². The summed E-state index contributed by atoms with van der Waals surface area (Å²) in [7, 11) is 3.47. The van der Waals surface area contributed by atoms with E-state index in [4.69, 9.17) is 0 Å². The third-order valence-corrected chi connectivity index (χ3v) is 5.48. The standard InChI is InChI=1S/C22H30FN5O3/c1-22(2,3)18(21(31)24-4)26-20(30)17-15-12-27(5)9-6-10-28(15)19(25-17)14-11-13(23)7-8-16(14)29/h7-8,11,18,29H,6,9-10,12H2,1-5H3,(H,24,31)(H,26,30). The van der Waals surface area contributed by atoms with Crippen LogP contribution in [0.3, 0.4) is 0 Å². The molecule has 1 unspecified atom stereocenters. The molecule has 0 radical (unpaired) electrons. The molecule has 1 atom stereocenters. The number of carbonyl (C=O) groups excluding carboxylic acids is 2. The zero-order valence-electron chi connectivity index (χ0n) is 18.6. The lowest BCUT2D eigenvalue weighted by Gasteiger charge is -2.29. The number of imidazole rings is 1. The number of rotatable bonds is 4. The van der Waals surface area contributed by atoms with Crippen molar-refractivity contribution in [1.29, 1.82) is 0 Å². The van der Waals surface area contributed by atoms with Crippen LogP contribution in [-0.4, -0.2) is 58.1 Å². The van der Waals surface area contributed by atoms with E-state index in [0.29, 0.717) is 24.6 Å². The average molecular weight is 432 g/mol. The van der Waals surface area contributed by atoms with Crippen LogP contribution in [0.15, 0.2) is 18.2 Å². The van der Waals surface area contributed by atoms with Crippen molar-refractivity contribution in [3.05, 3.63) is 35.4 Å². The molecule has 31 heavy (non-hydrogen) atoms. The van der Waals surface area contributed by atoms with E-state index in [-0.39, 0.29) is 22.9 Å². The molecule has 8 nitrogen and oxygen atoms in total. The second kappa shape index (κ2) is 8.66. The molecule has 1 aromatic carbocycles. The van der Waals surface area contributed by atoms with E-state index in [9.17, 15) is 19.1 Å². The van der Waals surface area contributed by atoms with E-state index in [1.165, 1.54) is 25.2 Å². The summed E-state index contributed by atoms with van der Waals surface area (Å²) in [6.45, 7) is 7.45. The fourth-order valence-electron chi connectivity index (χ4n) is 3.81. The maximum atomic E-state index is 13.9. The molecule has 2 aromatic rings. The molecule has 0 saturated carbocycles. The first-order valence-electron chi connectivity index (χ1n) is 10.3. The summed E-state index contributed by atoms with van der Waals surface area (Å²) < 4.78 is 15.8. The summed E-state index contributed by atoms with van der Waals surface area (Å²) in [5.74, 6) is -1.07. The van der Waals surface area contributed by atoms with Gasteiger partial charge >= 0.3 is 0 Å². The fourth-order valence-corrected chi connectivity index (χ4v) is 3.81. The molecule has 1 aliphatic heterocycles. The number of carbonyl (C=O) groups is 2. The Morgan fingerprint density at radius 3 is 2.61 bits per heavy atom. The zero-order chi connectivity index (χ0) is 22.9. The molecular formula is C22H30FN5O3. The smallest absolute Gasteiger partial charge is 0.272 e. The van der Waals surface area contributed by atoms with Gasteiger partial charge in [-0.05, 0) is 43.6 Å². The van der Waals surface area contributed by atoms with Crippen molar-refractivity contribution >= 4 is 11.8 Å². The predicted molar refractivity (Wildman–Crippen MR) is 115 cm³/mol. The second-order valence-electron chi connectivity index (χ2n) is 9.02. The van der Waals surface area contributed by atoms with E-state index in [2.05, 4.69) is 20.5 Å². The average Bonchev–Trinajstić information content (AvgIpc) is 2.92. The molecule has 168 valence electrons. The van der Waals surface area contributed by atoms with Crippen molar-refractivity contribution in [3.63, 3.8) is 0 Å². The van der Waals surface area contributed by atoms with Crippen LogP contribution in [0, 0.1) is 11.2 Å². The summed E-state index contributed by atoms with van der Waals surface area (Å²) in [5, 5.41) is 15.7. The molecule has 0 bridgehead atoms. The monoisotopic (exact) mass is 431 g/mol. The summed E-state index contributed by atoms with van der Waals surface area (Å²) >= 11 is 0. The van der Waals surface area contributed by atoms with Gasteiger partial charge in [-0.1, -0.05) is 20.8 Å². The van der Waals surface area contributed by atoms with E-state index >= 15 is 0 Å². The van der Waals surface area contributed by atoms with Gasteiger partial charge in [-0.25, -0.2) is 9.37 Å². The fraction of sp³-hybridized carbons (Fsp3) is 0.500. The van der Waals surface area contributed by atoms with Crippen LogP contribution in [0.25, 0.3) is 11.4 Å². The first-order chi connectivity index (χ1) is 14.5.